The Balaban J connectivity index is 0.00000133. The number of methoxy groups -OCH3 is 2. The molecule has 6 aromatic rings. The van der Waals surface area contributed by atoms with E-state index in [4.69, 9.17) is 9.97 Å². The summed E-state index contributed by atoms with van der Waals surface area (Å²) in [6.07, 6.45) is 6.18. The molecule has 4 amide bonds. The fraction of sp³-hybridized carbons (Fsp3) is 0.455. The molecule has 0 aliphatic carbocycles. The number of H-pyrrole nitrogens is 2. The second-order valence-corrected chi connectivity index (χ2v) is 16.1. The molecule has 4 aromatic heterocycles. The molecule has 0 saturated carbocycles. The highest BCUT2D eigenvalue weighted by atomic mass is 32.1. The number of nitrogens with zero attached hydrogens (tertiary/aromatic N) is 6. The van der Waals surface area contributed by atoms with Crippen LogP contribution in [0.2, 0.25) is 0 Å². The first kappa shape index (κ1) is 48.8. The van der Waals surface area contributed by atoms with E-state index >= 15 is 0 Å². The number of thiazole rings is 2. The lowest BCUT2D eigenvalue weighted by molar-refractivity contribution is -0.133. The zero-order valence-electron chi connectivity index (χ0n) is 37.4. The molecular weight excluding hydrogens is 829 g/mol. The quantitative estimate of drug-likeness (QED) is 0.0770. The lowest BCUT2D eigenvalue weighted by atomic mass is 9.98. The number of hydrogen-bond acceptors (Lipinski definition) is 12. The van der Waals surface area contributed by atoms with Gasteiger partial charge in [0.15, 0.2) is 0 Å². The lowest BCUT2D eigenvalue weighted by Crippen LogP contribution is -2.42. The molecule has 0 aliphatic heterocycles. The molecule has 62 heavy (non-hydrogen) atoms. The van der Waals surface area contributed by atoms with Crippen molar-refractivity contribution in [1.82, 2.24) is 50.3 Å². The summed E-state index contributed by atoms with van der Waals surface area (Å²) in [5.41, 5.74) is 10.6. The van der Waals surface area contributed by atoms with E-state index < -0.39 is 12.2 Å². The number of aromatic nitrogens is 6. The number of fused-ring (bicyclic) bond motifs is 2. The molecule has 0 saturated heterocycles. The lowest BCUT2D eigenvalue weighted by Gasteiger charge is -2.27. The zero-order chi connectivity index (χ0) is 45.3. The summed E-state index contributed by atoms with van der Waals surface area (Å²) in [7, 11) is 2.51. The Labute approximate surface area is 371 Å². The van der Waals surface area contributed by atoms with Crippen molar-refractivity contribution < 1.29 is 28.7 Å². The van der Waals surface area contributed by atoms with Crippen LogP contribution >= 0.6 is 22.7 Å². The third-order valence-electron chi connectivity index (χ3n) is 9.46. The number of benzene rings is 2. The average Bonchev–Trinajstić information content (AvgIpc) is 4.13. The van der Waals surface area contributed by atoms with Gasteiger partial charge >= 0.3 is 12.2 Å². The first-order valence-electron chi connectivity index (χ1n) is 21.0. The maximum atomic E-state index is 13.0. The van der Waals surface area contributed by atoms with Crippen LogP contribution < -0.4 is 10.6 Å². The highest BCUT2D eigenvalue weighted by molar-refractivity contribution is 7.17. The third kappa shape index (κ3) is 11.7. The fourth-order valence-corrected chi connectivity index (χ4v) is 8.31. The Bertz CT molecular complexity index is 2220. The summed E-state index contributed by atoms with van der Waals surface area (Å²) >= 11 is 3.06. The number of amides is 4. The van der Waals surface area contributed by atoms with Crippen molar-refractivity contribution in [1.29, 1.82) is 0 Å². The maximum Gasteiger partial charge on any atom is 0.407 e. The number of ether oxygens (including phenoxy) is 2. The molecule has 16 nitrogen and oxygen atoms in total. The van der Waals surface area contributed by atoms with Crippen molar-refractivity contribution in [3.8, 4) is 33.6 Å². The molecule has 2 unspecified atom stereocenters. The standard InChI is InChI=1S/C38H44N10O6S2.2C3H8/c1-7-13-47(29(49)17-41-37(51)53-5)21(3)35-39-15-27(45-35)25-11-9-23(31-33(25)55-19-43-31)24-10-12-26(34-32(24)44-20-56-34)28-16-40-36(46-28)22(4)48(14-8-2)30(50)18-42-38(52)54-6;2*1-3-2/h9-12,15-16,19-22H,7-8,13-14,17-18H2,1-6H3,(H,39,45)(H,40,46)(H,41,51)(H,42,52);2*3H2,1-2H3. The number of imidazole rings is 2. The number of aromatic amines is 2. The van der Waals surface area contributed by atoms with Gasteiger partial charge < -0.3 is 39.9 Å². The second kappa shape index (κ2) is 23.9. The number of hydrogen-bond donors (Lipinski definition) is 4. The molecule has 2 aromatic carbocycles. The van der Waals surface area contributed by atoms with E-state index in [2.05, 4.69) is 67.7 Å². The maximum absolute atomic E-state index is 13.0. The molecule has 0 fully saturated rings. The van der Waals surface area contributed by atoms with Gasteiger partial charge in [-0.1, -0.05) is 78.6 Å². The summed E-state index contributed by atoms with van der Waals surface area (Å²) in [5.74, 6) is 0.766. The van der Waals surface area contributed by atoms with Crippen LogP contribution in [0.1, 0.15) is 105 Å². The smallest absolute Gasteiger partial charge is 0.407 e. The van der Waals surface area contributed by atoms with Gasteiger partial charge in [0.1, 0.15) is 24.7 Å². The van der Waals surface area contributed by atoms with Crippen LogP contribution in [0.25, 0.3) is 54.1 Å². The minimum Gasteiger partial charge on any atom is -0.453 e. The Morgan fingerprint density at radius 2 is 0.968 bits per heavy atom. The molecular formula is C44H60N10O6S2. The van der Waals surface area contributed by atoms with Gasteiger partial charge in [0.2, 0.25) is 11.8 Å². The molecule has 0 spiro atoms. The number of rotatable bonds is 15. The first-order valence-corrected chi connectivity index (χ1v) is 22.7. The van der Waals surface area contributed by atoms with Crippen molar-refractivity contribution in [2.45, 2.75) is 93.2 Å². The van der Waals surface area contributed by atoms with Gasteiger partial charge in [-0.3, -0.25) is 9.59 Å². The van der Waals surface area contributed by atoms with E-state index in [1.54, 1.807) is 22.2 Å². The minimum atomic E-state index is -0.665. The van der Waals surface area contributed by atoms with Crippen LogP contribution in [-0.2, 0) is 19.1 Å². The molecule has 4 heterocycles. The van der Waals surface area contributed by atoms with Crippen LogP contribution in [0.3, 0.4) is 0 Å². The van der Waals surface area contributed by atoms with E-state index in [0.29, 0.717) is 24.7 Å². The van der Waals surface area contributed by atoms with E-state index in [1.165, 1.54) is 49.7 Å². The zero-order valence-corrected chi connectivity index (χ0v) is 39.0. The van der Waals surface area contributed by atoms with Crippen LogP contribution in [0.5, 0.6) is 0 Å². The Kier molecular flexibility index (Phi) is 18.8. The molecule has 18 heteroatoms. The van der Waals surface area contributed by atoms with Crippen molar-refractivity contribution in [3.63, 3.8) is 0 Å². The van der Waals surface area contributed by atoms with Gasteiger partial charge in [-0.2, -0.15) is 0 Å². The second-order valence-electron chi connectivity index (χ2n) is 14.4. The Hall–Kier alpha value is -5.88. The summed E-state index contributed by atoms with van der Waals surface area (Å²) < 4.78 is 11.2. The summed E-state index contributed by atoms with van der Waals surface area (Å²) in [6.45, 7) is 16.9. The van der Waals surface area contributed by atoms with Gasteiger partial charge in [0.25, 0.3) is 0 Å². The molecule has 334 valence electrons. The van der Waals surface area contributed by atoms with Crippen LogP contribution in [0.15, 0.2) is 47.7 Å². The van der Waals surface area contributed by atoms with Gasteiger partial charge in [0, 0.05) is 35.3 Å². The number of carbonyl (C=O) groups is 4. The molecule has 2 atom stereocenters. The van der Waals surface area contributed by atoms with E-state index in [1.807, 2.05) is 63.0 Å². The number of carbonyl (C=O) groups excluding carboxylic acids is 4. The van der Waals surface area contributed by atoms with Gasteiger partial charge in [-0.15, -0.1) is 22.7 Å². The van der Waals surface area contributed by atoms with Crippen LogP contribution in [0, 0.1) is 0 Å². The Morgan fingerprint density at radius 1 is 0.613 bits per heavy atom. The molecule has 0 bridgehead atoms. The van der Waals surface area contributed by atoms with Crippen molar-refractivity contribution in [2.75, 3.05) is 40.4 Å². The molecule has 6 rings (SSSR count). The summed E-state index contributed by atoms with van der Waals surface area (Å²) in [4.78, 5) is 78.4. The van der Waals surface area contributed by atoms with Crippen molar-refractivity contribution in [2.24, 2.45) is 0 Å². The van der Waals surface area contributed by atoms with Crippen molar-refractivity contribution >= 4 is 67.1 Å². The highest BCUT2D eigenvalue weighted by Gasteiger charge is 2.26. The van der Waals surface area contributed by atoms with Crippen LogP contribution in [-0.4, -0.2) is 104 Å². The highest BCUT2D eigenvalue weighted by Crippen LogP contribution is 2.42. The number of nitrogens with one attached hydrogen (secondary N) is 4. The molecule has 0 radical (unpaired) electrons. The first-order chi connectivity index (χ1) is 29.9. The Morgan fingerprint density at radius 3 is 1.31 bits per heavy atom. The molecule has 4 N–H and O–H groups in total. The van der Waals surface area contributed by atoms with E-state index in [9.17, 15) is 19.2 Å². The third-order valence-corrected chi connectivity index (χ3v) is 11.2. The predicted octanol–water partition coefficient (Wildman–Crippen LogP) is 9.50. The SMILES string of the molecule is CCC.CCC.CCCN(C(=O)CNC(=O)OC)C(C)c1ncc(-c2ccc(-c3ccc(-c4cnc(C(C)N(CCC)C(=O)CNC(=O)OC)[nH]4)c4scnc34)c3ncsc23)[nH]1. The van der Waals surface area contributed by atoms with Gasteiger partial charge in [-0.25, -0.2) is 29.5 Å². The van der Waals surface area contributed by atoms with E-state index in [0.717, 1.165) is 66.9 Å². The van der Waals surface area contributed by atoms with Gasteiger partial charge in [-0.05, 0) is 26.7 Å². The largest absolute Gasteiger partial charge is 0.453 e. The minimum absolute atomic E-state index is 0.179. The average molecular weight is 889 g/mol. The van der Waals surface area contributed by atoms with E-state index in [-0.39, 0.29) is 37.0 Å². The summed E-state index contributed by atoms with van der Waals surface area (Å²) in [6, 6.07) is 7.45. The number of alkyl carbamates (subject to hydrolysis) is 2. The van der Waals surface area contributed by atoms with Gasteiger partial charge in [0.05, 0.1) is 81.5 Å². The molecule has 0 aliphatic rings. The normalized spacial score (nSPS) is 11.7. The van der Waals surface area contributed by atoms with Crippen molar-refractivity contribution in [3.05, 3.63) is 59.3 Å². The van der Waals surface area contributed by atoms with Crippen LogP contribution in [0.4, 0.5) is 9.59 Å². The summed E-state index contributed by atoms with van der Waals surface area (Å²) in [5, 5.41) is 4.93. The predicted molar refractivity (Wildman–Crippen MR) is 247 cm³/mol. The fourth-order valence-electron chi connectivity index (χ4n) is 6.62. The topological polar surface area (TPSA) is 200 Å². The monoisotopic (exact) mass is 888 g/mol.